The summed E-state index contributed by atoms with van der Waals surface area (Å²) in [7, 11) is 0. The Morgan fingerprint density at radius 3 is 2.53 bits per heavy atom. The average Bonchev–Trinajstić information content (AvgIpc) is 3.32. The molecule has 1 aromatic carbocycles. The van der Waals surface area contributed by atoms with Gasteiger partial charge < -0.3 is 9.80 Å². The minimum absolute atomic E-state index is 0.0912. The Morgan fingerprint density at radius 1 is 1.07 bits per heavy atom. The van der Waals surface area contributed by atoms with Crippen molar-refractivity contribution in [1.29, 1.82) is 0 Å². The van der Waals surface area contributed by atoms with Gasteiger partial charge in [-0.1, -0.05) is 44.0 Å². The number of benzene rings is 1. The largest absolute Gasteiger partial charge is 0.339 e. The van der Waals surface area contributed by atoms with Crippen LogP contribution in [0.3, 0.4) is 0 Å². The van der Waals surface area contributed by atoms with Crippen molar-refractivity contribution in [3.63, 3.8) is 0 Å². The maximum absolute atomic E-state index is 13.4. The topological polar surface area (TPSA) is 53.5 Å². The van der Waals surface area contributed by atoms with Crippen LogP contribution in [0.15, 0.2) is 48.8 Å². The Labute approximate surface area is 179 Å². The maximum Gasteiger partial charge on any atom is 0.245 e. The van der Waals surface area contributed by atoms with Crippen molar-refractivity contribution >= 4 is 11.8 Å². The summed E-state index contributed by atoms with van der Waals surface area (Å²) in [5.74, 6) is 0.371. The fourth-order valence-electron chi connectivity index (χ4n) is 4.92. The van der Waals surface area contributed by atoms with Gasteiger partial charge in [-0.25, -0.2) is 0 Å². The summed E-state index contributed by atoms with van der Waals surface area (Å²) in [6.07, 6.45) is 9.22. The number of nitrogens with zero attached hydrogens (tertiary/aromatic N) is 3. The van der Waals surface area contributed by atoms with Crippen molar-refractivity contribution in [3.05, 3.63) is 54.4 Å². The van der Waals surface area contributed by atoms with E-state index in [0.717, 1.165) is 55.3 Å². The molecule has 1 atom stereocenters. The zero-order valence-corrected chi connectivity index (χ0v) is 17.8. The van der Waals surface area contributed by atoms with Crippen molar-refractivity contribution in [2.45, 2.75) is 51.5 Å². The van der Waals surface area contributed by atoms with E-state index in [1.54, 1.807) is 12.4 Å². The van der Waals surface area contributed by atoms with Crippen LogP contribution >= 0.6 is 0 Å². The minimum atomic E-state index is -0.415. The summed E-state index contributed by atoms with van der Waals surface area (Å²) in [5, 5.41) is 0. The van der Waals surface area contributed by atoms with Crippen LogP contribution < -0.4 is 0 Å². The van der Waals surface area contributed by atoms with E-state index in [1.165, 1.54) is 0 Å². The van der Waals surface area contributed by atoms with Crippen molar-refractivity contribution in [2.24, 2.45) is 5.92 Å². The molecule has 0 N–H and O–H groups in total. The molecule has 2 aromatic rings. The Kier molecular flexibility index (Phi) is 6.46. The predicted molar refractivity (Wildman–Crippen MR) is 118 cm³/mol. The van der Waals surface area contributed by atoms with Gasteiger partial charge >= 0.3 is 0 Å². The Hall–Kier alpha value is -2.69. The lowest BCUT2D eigenvalue weighted by molar-refractivity contribution is -0.153. The number of piperazine rings is 1. The molecule has 2 aliphatic rings. The molecule has 0 bridgehead atoms. The van der Waals surface area contributed by atoms with Gasteiger partial charge in [-0.2, -0.15) is 0 Å². The number of amides is 2. The fraction of sp³-hybridized carbons (Fsp3) is 0.480. The summed E-state index contributed by atoms with van der Waals surface area (Å²) in [4.78, 5) is 34.7. The molecular weight excluding hydrogens is 374 g/mol. The van der Waals surface area contributed by atoms with Gasteiger partial charge in [0.25, 0.3) is 0 Å². The third-order valence-corrected chi connectivity index (χ3v) is 6.49. The number of rotatable bonds is 6. The molecule has 2 fully saturated rings. The first-order valence-corrected chi connectivity index (χ1v) is 11.3. The molecule has 158 valence electrons. The van der Waals surface area contributed by atoms with E-state index in [2.05, 4.69) is 24.0 Å². The van der Waals surface area contributed by atoms with E-state index in [1.807, 2.05) is 34.1 Å². The second kappa shape index (κ2) is 9.41. The highest BCUT2D eigenvalue weighted by atomic mass is 16.2. The summed E-state index contributed by atoms with van der Waals surface area (Å²) in [5.41, 5.74) is 3.29. The van der Waals surface area contributed by atoms with Gasteiger partial charge in [-0.3, -0.25) is 14.6 Å². The lowest BCUT2D eigenvalue weighted by Gasteiger charge is -2.42. The number of hydrogen-bond acceptors (Lipinski definition) is 3. The molecule has 1 aromatic heterocycles. The fourth-order valence-corrected chi connectivity index (χ4v) is 4.92. The molecule has 1 aliphatic carbocycles. The third-order valence-electron chi connectivity index (χ3n) is 6.49. The summed E-state index contributed by atoms with van der Waals surface area (Å²) in [6, 6.07) is 11.8. The van der Waals surface area contributed by atoms with E-state index in [9.17, 15) is 9.59 Å². The van der Waals surface area contributed by atoms with Crippen LogP contribution in [0.5, 0.6) is 0 Å². The molecule has 5 heteroatoms. The van der Waals surface area contributed by atoms with E-state index >= 15 is 0 Å². The molecule has 2 amide bonds. The normalized spacial score (nSPS) is 20.0. The number of hydrogen-bond donors (Lipinski definition) is 0. The van der Waals surface area contributed by atoms with Gasteiger partial charge in [-0.15, -0.1) is 0 Å². The number of aromatic nitrogens is 1. The second-order valence-corrected chi connectivity index (χ2v) is 8.45. The molecule has 1 saturated carbocycles. The van der Waals surface area contributed by atoms with Crippen LogP contribution in [0.4, 0.5) is 0 Å². The average molecular weight is 406 g/mol. The van der Waals surface area contributed by atoms with Crippen LogP contribution in [-0.2, 0) is 16.0 Å². The molecule has 2 heterocycles. The molecule has 0 spiro atoms. The standard InChI is InChI=1S/C25H31N3O2/c1-2-15-27-16-17-28(24(29)20-7-3-4-8-20)23(25(27)30)18-21-9-5-6-10-22(21)19-11-13-26-14-12-19/h5-6,9-14,20,23H,2-4,7-8,15-18H2,1H3/t23-/m1/s1. The molecule has 1 aliphatic heterocycles. The predicted octanol–water partition coefficient (Wildman–Crippen LogP) is 3.93. The number of carbonyl (C=O) groups is 2. The third kappa shape index (κ3) is 4.25. The Balaban J connectivity index is 1.64. The quantitative estimate of drug-likeness (QED) is 0.732. The molecule has 1 saturated heterocycles. The van der Waals surface area contributed by atoms with Crippen molar-refractivity contribution < 1.29 is 9.59 Å². The van der Waals surface area contributed by atoms with Gasteiger partial charge in [-0.05, 0) is 48.1 Å². The van der Waals surface area contributed by atoms with Gasteiger partial charge in [0.1, 0.15) is 6.04 Å². The van der Waals surface area contributed by atoms with E-state index < -0.39 is 6.04 Å². The van der Waals surface area contributed by atoms with Crippen molar-refractivity contribution in [2.75, 3.05) is 19.6 Å². The molecule has 4 rings (SSSR count). The van der Waals surface area contributed by atoms with E-state index in [0.29, 0.717) is 19.5 Å². The second-order valence-electron chi connectivity index (χ2n) is 8.45. The van der Waals surface area contributed by atoms with Crippen LogP contribution in [0.2, 0.25) is 0 Å². The van der Waals surface area contributed by atoms with Gasteiger partial charge in [0.15, 0.2) is 0 Å². The van der Waals surface area contributed by atoms with Crippen LogP contribution in [0, 0.1) is 5.92 Å². The Bertz CT molecular complexity index is 877. The van der Waals surface area contributed by atoms with E-state index in [4.69, 9.17) is 0 Å². The first-order valence-electron chi connectivity index (χ1n) is 11.3. The van der Waals surface area contributed by atoms with Crippen LogP contribution in [0.25, 0.3) is 11.1 Å². The summed E-state index contributed by atoms with van der Waals surface area (Å²) in [6.45, 7) is 4.14. The van der Waals surface area contributed by atoms with Gasteiger partial charge in [0, 0.05) is 44.4 Å². The summed E-state index contributed by atoms with van der Waals surface area (Å²) >= 11 is 0. The first-order chi connectivity index (χ1) is 14.7. The zero-order chi connectivity index (χ0) is 20.9. The smallest absolute Gasteiger partial charge is 0.245 e. The highest BCUT2D eigenvalue weighted by molar-refractivity contribution is 5.90. The van der Waals surface area contributed by atoms with Gasteiger partial charge in [0.2, 0.25) is 11.8 Å². The zero-order valence-electron chi connectivity index (χ0n) is 17.8. The van der Waals surface area contributed by atoms with Crippen molar-refractivity contribution in [3.8, 4) is 11.1 Å². The SMILES string of the molecule is CCCN1CCN(C(=O)C2CCCC2)[C@H](Cc2ccccc2-c2ccncc2)C1=O. The lowest BCUT2D eigenvalue weighted by atomic mass is 9.92. The monoisotopic (exact) mass is 405 g/mol. The molecule has 0 unspecified atom stereocenters. The van der Waals surface area contributed by atoms with Gasteiger partial charge in [0.05, 0.1) is 0 Å². The maximum atomic E-state index is 13.4. The molecule has 0 radical (unpaired) electrons. The van der Waals surface area contributed by atoms with Crippen LogP contribution in [-0.4, -0.2) is 52.3 Å². The lowest BCUT2D eigenvalue weighted by Crippen LogP contribution is -2.60. The molecule has 5 nitrogen and oxygen atoms in total. The first kappa shape index (κ1) is 20.6. The Morgan fingerprint density at radius 2 is 1.80 bits per heavy atom. The van der Waals surface area contributed by atoms with Crippen LogP contribution in [0.1, 0.15) is 44.6 Å². The number of pyridine rings is 1. The molecular formula is C25H31N3O2. The minimum Gasteiger partial charge on any atom is -0.339 e. The highest BCUT2D eigenvalue weighted by Crippen LogP contribution is 2.30. The highest BCUT2D eigenvalue weighted by Gasteiger charge is 2.40. The molecule has 30 heavy (non-hydrogen) atoms. The summed E-state index contributed by atoms with van der Waals surface area (Å²) < 4.78 is 0. The number of carbonyl (C=O) groups excluding carboxylic acids is 2. The van der Waals surface area contributed by atoms with E-state index in [-0.39, 0.29) is 17.7 Å². The van der Waals surface area contributed by atoms with Crippen molar-refractivity contribution in [1.82, 2.24) is 14.8 Å².